The molecule has 1 unspecified atom stereocenters. The number of aliphatic imine (C=N–C) groups is 1. The number of halogens is 1. The molecule has 0 fully saturated rings. The third-order valence-corrected chi connectivity index (χ3v) is 1.06. The summed E-state index contributed by atoms with van der Waals surface area (Å²) in [5, 5.41) is 0. The summed E-state index contributed by atoms with van der Waals surface area (Å²) >= 11 is 0. The van der Waals surface area contributed by atoms with Crippen LogP contribution in [0.4, 0.5) is 4.39 Å². The summed E-state index contributed by atoms with van der Waals surface area (Å²) in [6, 6.07) is 0. The van der Waals surface area contributed by atoms with Crippen LogP contribution in [0, 0.1) is 0 Å². The van der Waals surface area contributed by atoms with E-state index in [1.807, 2.05) is 20.8 Å². The summed E-state index contributed by atoms with van der Waals surface area (Å²) in [6.45, 7) is 6.17. The van der Waals surface area contributed by atoms with E-state index in [0.29, 0.717) is 6.54 Å². The fourth-order valence-corrected chi connectivity index (χ4v) is 0.588. The van der Waals surface area contributed by atoms with Gasteiger partial charge in [-0.3, -0.25) is 4.99 Å². The second-order valence-corrected chi connectivity index (χ2v) is 1.86. The average molecular weight is 143 g/mol. The smallest absolute Gasteiger partial charge is 0.138 e. The van der Waals surface area contributed by atoms with Crippen LogP contribution >= 0.6 is 0 Å². The molecule has 0 bridgehead atoms. The van der Waals surface area contributed by atoms with Gasteiger partial charge in [-0.25, -0.2) is 4.39 Å². The van der Waals surface area contributed by atoms with Crippen LogP contribution in [-0.2, 0) is 0 Å². The molecule has 1 atom stereocenters. The topological polar surface area (TPSA) is 12.4 Å². The van der Waals surface area contributed by atoms with Gasteiger partial charge in [0.25, 0.3) is 0 Å². The van der Waals surface area contributed by atoms with E-state index in [1.165, 1.54) is 6.08 Å². The Morgan fingerprint density at radius 2 is 2.20 bits per heavy atom. The van der Waals surface area contributed by atoms with E-state index in [4.69, 9.17) is 0 Å². The van der Waals surface area contributed by atoms with Crippen molar-refractivity contribution in [3.8, 4) is 0 Å². The Labute approximate surface area is 61.7 Å². The van der Waals surface area contributed by atoms with Crippen molar-refractivity contribution in [2.45, 2.75) is 26.9 Å². The summed E-state index contributed by atoms with van der Waals surface area (Å²) < 4.78 is 12.2. The van der Waals surface area contributed by atoms with Gasteiger partial charge in [-0.2, -0.15) is 0 Å². The normalized spacial score (nSPS) is 22.8. The molecule has 2 heteroatoms. The van der Waals surface area contributed by atoms with Gasteiger partial charge in [0.1, 0.15) is 6.17 Å². The fraction of sp³-hybridized carbons (Fsp3) is 0.625. The third-order valence-electron chi connectivity index (χ3n) is 1.06. The van der Waals surface area contributed by atoms with Crippen LogP contribution in [0.25, 0.3) is 0 Å². The van der Waals surface area contributed by atoms with Gasteiger partial charge < -0.3 is 0 Å². The van der Waals surface area contributed by atoms with Crippen molar-refractivity contribution < 1.29 is 4.39 Å². The summed E-state index contributed by atoms with van der Waals surface area (Å²) in [7, 11) is 0. The Kier molecular flexibility index (Phi) is 4.81. The standard InChI is InChI=1S/C6H8FN.C2H6/c1-5-2-3-6(7)4-8-5;1-2/h2-3,6H,4H2,1H3;1-2H3. The predicted molar refractivity (Wildman–Crippen MR) is 43.4 cm³/mol. The molecular weight excluding hydrogens is 129 g/mol. The highest BCUT2D eigenvalue weighted by Crippen LogP contribution is 2.00. The van der Waals surface area contributed by atoms with Crippen molar-refractivity contribution in [1.82, 2.24) is 0 Å². The fourth-order valence-electron chi connectivity index (χ4n) is 0.588. The van der Waals surface area contributed by atoms with E-state index in [2.05, 4.69) is 4.99 Å². The molecule has 0 amide bonds. The highest BCUT2D eigenvalue weighted by atomic mass is 19.1. The van der Waals surface area contributed by atoms with E-state index in [-0.39, 0.29) is 0 Å². The van der Waals surface area contributed by atoms with E-state index in [1.54, 1.807) is 6.08 Å². The maximum absolute atomic E-state index is 12.2. The van der Waals surface area contributed by atoms with Crippen molar-refractivity contribution in [2.75, 3.05) is 6.54 Å². The lowest BCUT2D eigenvalue weighted by Gasteiger charge is -2.03. The number of hydrogen-bond donors (Lipinski definition) is 0. The maximum Gasteiger partial charge on any atom is 0.138 e. The third kappa shape index (κ3) is 3.38. The zero-order valence-electron chi connectivity index (χ0n) is 6.76. The zero-order valence-corrected chi connectivity index (χ0v) is 6.76. The minimum Gasteiger partial charge on any atom is -0.287 e. The second kappa shape index (κ2) is 5.15. The van der Waals surface area contributed by atoms with Crippen molar-refractivity contribution >= 4 is 5.71 Å². The largest absolute Gasteiger partial charge is 0.287 e. The van der Waals surface area contributed by atoms with Gasteiger partial charge in [0.15, 0.2) is 0 Å². The Hall–Kier alpha value is -0.660. The quantitative estimate of drug-likeness (QED) is 0.493. The highest BCUT2D eigenvalue weighted by molar-refractivity contribution is 5.93. The summed E-state index contributed by atoms with van der Waals surface area (Å²) in [6.07, 6.45) is 2.38. The monoisotopic (exact) mass is 143 g/mol. The maximum atomic E-state index is 12.2. The Balaban J connectivity index is 0.000000371. The molecule has 0 saturated heterocycles. The molecule has 1 rings (SSSR count). The van der Waals surface area contributed by atoms with Crippen LogP contribution in [0.5, 0.6) is 0 Å². The van der Waals surface area contributed by atoms with E-state index >= 15 is 0 Å². The molecular formula is C8H14FN. The molecule has 10 heavy (non-hydrogen) atoms. The number of rotatable bonds is 0. The second-order valence-electron chi connectivity index (χ2n) is 1.86. The molecule has 1 aliphatic heterocycles. The van der Waals surface area contributed by atoms with Crippen LogP contribution in [0.2, 0.25) is 0 Å². The number of allylic oxidation sites excluding steroid dienone is 1. The first-order valence-electron chi connectivity index (χ1n) is 3.62. The molecule has 58 valence electrons. The first-order chi connectivity index (χ1) is 4.79. The van der Waals surface area contributed by atoms with Gasteiger partial charge in [-0.15, -0.1) is 0 Å². The molecule has 1 nitrogen and oxygen atoms in total. The Bertz CT molecular complexity index is 138. The lowest BCUT2D eigenvalue weighted by Crippen LogP contribution is -2.07. The van der Waals surface area contributed by atoms with Gasteiger partial charge in [-0.05, 0) is 19.1 Å². The molecule has 0 aromatic rings. The van der Waals surface area contributed by atoms with E-state index in [0.717, 1.165) is 5.71 Å². The molecule has 1 heterocycles. The SMILES string of the molecule is CC.CC1=NCC(F)C=C1. The average Bonchev–Trinajstić information content (AvgIpc) is 2.00. The number of dihydropyridines is 1. The van der Waals surface area contributed by atoms with Gasteiger partial charge >= 0.3 is 0 Å². The molecule has 0 radical (unpaired) electrons. The minimum absolute atomic E-state index is 0.308. The summed E-state index contributed by atoms with van der Waals surface area (Å²) in [5.74, 6) is 0. The van der Waals surface area contributed by atoms with Crippen molar-refractivity contribution in [2.24, 2.45) is 4.99 Å². The van der Waals surface area contributed by atoms with Crippen LogP contribution in [0.3, 0.4) is 0 Å². The van der Waals surface area contributed by atoms with Crippen molar-refractivity contribution in [1.29, 1.82) is 0 Å². The Morgan fingerprint density at radius 1 is 1.60 bits per heavy atom. The molecule has 0 aliphatic carbocycles. The van der Waals surface area contributed by atoms with Gasteiger partial charge in [-0.1, -0.05) is 13.8 Å². The molecule has 0 spiro atoms. The van der Waals surface area contributed by atoms with Crippen molar-refractivity contribution in [3.63, 3.8) is 0 Å². The van der Waals surface area contributed by atoms with E-state index in [9.17, 15) is 4.39 Å². The van der Waals surface area contributed by atoms with Crippen LogP contribution < -0.4 is 0 Å². The lowest BCUT2D eigenvalue weighted by molar-refractivity contribution is 0.407. The molecule has 0 aromatic heterocycles. The number of nitrogens with zero attached hydrogens (tertiary/aromatic N) is 1. The van der Waals surface area contributed by atoms with E-state index < -0.39 is 6.17 Å². The van der Waals surface area contributed by atoms with Crippen LogP contribution in [-0.4, -0.2) is 18.4 Å². The lowest BCUT2D eigenvalue weighted by atomic mass is 10.2. The van der Waals surface area contributed by atoms with Gasteiger partial charge in [0.05, 0.1) is 6.54 Å². The molecule has 0 aromatic carbocycles. The summed E-state index contributed by atoms with van der Waals surface area (Å²) in [5.41, 5.74) is 0.916. The zero-order chi connectivity index (χ0) is 7.98. The molecule has 1 aliphatic rings. The molecule has 0 saturated carbocycles. The predicted octanol–water partition coefficient (Wildman–Crippen LogP) is 2.38. The number of hydrogen-bond acceptors (Lipinski definition) is 1. The highest BCUT2D eigenvalue weighted by Gasteiger charge is 2.02. The summed E-state index contributed by atoms with van der Waals surface area (Å²) in [4.78, 5) is 3.87. The first-order valence-corrected chi connectivity index (χ1v) is 3.62. The first kappa shape index (κ1) is 9.34. The molecule has 0 N–H and O–H groups in total. The van der Waals surface area contributed by atoms with Crippen LogP contribution in [0.1, 0.15) is 20.8 Å². The Morgan fingerprint density at radius 3 is 2.50 bits per heavy atom. The van der Waals surface area contributed by atoms with Crippen LogP contribution in [0.15, 0.2) is 17.1 Å². The minimum atomic E-state index is -0.848. The van der Waals surface area contributed by atoms with Gasteiger partial charge in [0.2, 0.25) is 0 Å². The van der Waals surface area contributed by atoms with Crippen molar-refractivity contribution in [3.05, 3.63) is 12.2 Å². The number of alkyl halides is 1. The van der Waals surface area contributed by atoms with Gasteiger partial charge in [0, 0.05) is 5.71 Å².